The Kier molecular flexibility index (Phi) is 8.01. The van der Waals surface area contributed by atoms with E-state index < -0.39 is 0 Å². The minimum Gasteiger partial charge on any atom is -0.493 e. The maximum Gasteiger partial charge on any atom is 0.328 e. The summed E-state index contributed by atoms with van der Waals surface area (Å²) in [6, 6.07) is 6.34. The van der Waals surface area contributed by atoms with Crippen LogP contribution in [0.3, 0.4) is 0 Å². The number of rotatable bonds is 11. The van der Waals surface area contributed by atoms with Gasteiger partial charge in [0.05, 0.1) is 39.1 Å². The number of carbonyl (C=O) groups excluding carboxylic acids is 2. The summed E-state index contributed by atoms with van der Waals surface area (Å²) >= 11 is 0. The summed E-state index contributed by atoms with van der Waals surface area (Å²) in [6.45, 7) is 2.33. The van der Waals surface area contributed by atoms with Gasteiger partial charge in [0.1, 0.15) is 11.5 Å². The molecule has 0 spiro atoms. The number of nitrogens with zero attached hydrogens (tertiary/aromatic N) is 2. The van der Waals surface area contributed by atoms with Crippen LogP contribution in [-0.2, 0) is 9.53 Å². The lowest BCUT2D eigenvalue weighted by molar-refractivity contribution is -0.143. The number of ether oxygens (including phenoxy) is 5. The molecule has 1 aromatic heterocycles. The summed E-state index contributed by atoms with van der Waals surface area (Å²) in [6.07, 6.45) is 1.31. The highest BCUT2D eigenvalue weighted by Crippen LogP contribution is 2.31. The SMILES string of the molecule is CCOC(=O)CCCOc1cccc(Oc2nc(OC)cc(OC)n2)c1C=O. The molecule has 0 unspecified atom stereocenters. The first kappa shape index (κ1) is 20.9. The zero-order valence-electron chi connectivity index (χ0n) is 16.0. The van der Waals surface area contributed by atoms with Gasteiger partial charge in [0.25, 0.3) is 0 Å². The van der Waals surface area contributed by atoms with E-state index in [1.165, 1.54) is 20.3 Å². The van der Waals surface area contributed by atoms with Gasteiger partial charge in [0, 0.05) is 6.42 Å². The molecule has 0 aliphatic heterocycles. The lowest BCUT2D eigenvalue weighted by Crippen LogP contribution is -2.07. The number of benzene rings is 1. The number of carbonyl (C=O) groups is 2. The van der Waals surface area contributed by atoms with Crippen molar-refractivity contribution in [2.45, 2.75) is 19.8 Å². The summed E-state index contributed by atoms with van der Waals surface area (Å²) in [7, 11) is 2.90. The van der Waals surface area contributed by atoms with Crippen LogP contribution in [0.15, 0.2) is 24.3 Å². The van der Waals surface area contributed by atoms with Crippen molar-refractivity contribution in [3.05, 3.63) is 29.8 Å². The highest BCUT2D eigenvalue weighted by molar-refractivity contribution is 5.83. The smallest absolute Gasteiger partial charge is 0.328 e. The van der Waals surface area contributed by atoms with Crippen molar-refractivity contribution in [2.75, 3.05) is 27.4 Å². The predicted molar refractivity (Wildman–Crippen MR) is 98.4 cm³/mol. The van der Waals surface area contributed by atoms with Crippen LogP contribution in [0.1, 0.15) is 30.1 Å². The van der Waals surface area contributed by atoms with E-state index >= 15 is 0 Å². The predicted octanol–water partition coefficient (Wildman–Crippen LogP) is 2.82. The van der Waals surface area contributed by atoms with E-state index in [1.807, 2.05) is 0 Å². The van der Waals surface area contributed by atoms with Crippen LogP contribution in [0.2, 0.25) is 0 Å². The summed E-state index contributed by atoms with van der Waals surface area (Å²) in [5, 5.41) is 0. The van der Waals surface area contributed by atoms with Crippen molar-refractivity contribution in [1.82, 2.24) is 9.97 Å². The molecule has 0 saturated heterocycles. The Hall–Kier alpha value is -3.36. The number of aldehydes is 1. The molecule has 0 bridgehead atoms. The average molecular weight is 390 g/mol. The van der Waals surface area contributed by atoms with Gasteiger partial charge < -0.3 is 23.7 Å². The Morgan fingerprint density at radius 3 is 2.39 bits per heavy atom. The van der Waals surface area contributed by atoms with E-state index in [9.17, 15) is 9.59 Å². The summed E-state index contributed by atoms with van der Waals surface area (Å²) < 4.78 is 26.3. The van der Waals surface area contributed by atoms with Crippen molar-refractivity contribution in [3.8, 4) is 29.3 Å². The van der Waals surface area contributed by atoms with E-state index in [4.69, 9.17) is 23.7 Å². The van der Waals surface area contributed by atoms with Gasteiger partial charge in [0.15, 0.2) is 6.29 Å². The monoisotopic (exact) mass is 390 g/mol. The Bertz CT molecular complexity index is 789. The van der Waals surface area contributed by atoms with Crippen molar-refractivity contribution >= 4 is 12.3 Å². The highest BCUT2D eigenvalue weighted by Gasteiger charge is 2.14. The fourth-order valence-corrected chi connectivity index (χ4v) is 2.22. The van der Waals surface area contributed by atoms with Crippen LogP contribution in [-0.4, -0.2) is 49.7 Å². The van der Waals surface area contributed by atoms with Crippen LogP contribution in [0, 0.1) is 0 Å². The fourth-order valence-electron chi connectivity index (χ4n) is 2.22. The lowest BCUT2D eigenvalue weighted by Gasteiger charge is -2.12. The zero-order valence-corrected chi connectivity index (χ0v) is 16.0. The standard InChI is InChI=1S/C19H22N2O7/c1-4-26-18(23)9-6-10-27-14-7-5-8-15(13(14)12-22)28-19-20-16(24-2)11-17(21-19)25-3/h5,7-8,11-12H,4,6,9-10H2,1-3H3. The third kappa shape index (κ3) is 5.83. The zero-order chi connectivity index (χ0) is 20.4. The molecule has 0 aliphatic rings. The topological polar surface area (TPSA) is 106 Å². The molecule has 1 aromatic carbocycles. The maximum absolute atomic E-state index is 11.6. The molecule has 150 valence electrons. The number of hydrogen-bond acceptors (Lipinski definition) is 9. The van der Waals surface area contributed by atoms with Gasteiger partial charge in [-0.15, -0.1) is 0 Å². The van der Waals surface area contributed by atoms with E-state index in [0.29, 0.717) is 25.1 Å². The Labute approximate surface area is 162 Å². The second-order valence-corrected chi connectivity index (χ2v) is 5.38. The van der Waals surface area contributed by atoms with Crippen molar-refractivity contribution < 1.29 is 33.3 Å². The summed E-state index contributed by atoms with van der Waals surface area (Å²) in [5.74, 6) is 0.754. The first-order chi connectivity index (χ1) is 13.6. The van der Waals surface area contributed by atoms with Crippen LogP contribution < -0.4 is 18.9 Å². The van der Waals surface area contributed by atoms with Crippen LogP contribution in [0.5, 0.6) is 29.3 Å². The number of methoxy groups -OCH3 is 2. The van der Waals surface area contributed by atoms with Gasteiger partial charge in [0.2, 0.25) is 11.8 Å². The molecule has 0 amide bonds. The molecule has 2 aromatic rings. The van der Waals surface area contributed by atoms with E-state index in [1.54, 1.807) is 25.1 Å². The molecular weight excluding hydrogens is 368 g/mol. The van der Waals surface area contributed by atoms with Crippen molar-refractivity contribution in [3.63, 3.8) is 0 Å². The number of esters is 1. The Balaban J connectivity index is 2.11. The number of hydrogen-bond donors (Lipinski definition) is 0. The Morgan fingerprint density at radius 2 is 1.79 bits per heavy atom. The van der Waals surface area contributed by atoms with Crippen LogP contribution in [0.4, 0.5) is 0 Å². The largest absolute Gasteiger partial charge is 0.493 e. The fraction of sp³-hybridized carbons (Fsp3) is 0.368. The molecule has 28 heavy (non-hydrogen) atoms. The minimum absolute atomic E-state index is 0.0428. The highest BCUT2D eigenvalue weighted by atomic mass is 16.5. The van der Waals surface area contributed by atoms with Gasteiger partial charge in [-0.25, -0.2) is 0 Å². The third-order valence-corrected chi connectivity index (χ3v) is 3.51. The van der Waals surface area contributed by atoms with Gasteiger partial charge >= 0.3 is 12.0 Å². The van der Waals surface area contributed by atoms with Crippen molar-refractivity contribution in [2.24, 2.45) is 0 Å². The second-order valence-electron chi connectivity index (χ2n) is 5.38. The summed E-state index contributed by atoms with van der Waals surface area (Å²) in [4.78, 5) is 31.1. The molecule has 0 N–H and O–H groups in total. The average Bonchev–Trinajstić information content (AvgIpc) is 2.71. The lowest BCUT2D eigenvalue weighted by atomic mass is 10.2. The van der Waals surface area contributed by atoms with Gasteiger partial charge in [-0.2, -0.15) is 9.97 Å². The molecule has 2 rings (SSSR count). The number of aromatic nitrogens is 2. The molecule has 0 fully saturated rings. The second kappa shape index (κ2) is 10.7. The molecule has 9 heteroatoms. The van der Waals surface area contributed by atoms with E-state index in [2.05, 4.69) is 9.97 Å². The first-order valence-corrected chi connectivity index (χ1v) is 8.62. The quantitative estimate of drug-likeness (QED) is 0.325. The van der Waals surface area contributed by atoms with Crippen LogP contribution in [0.25, 0.3) is 0 Å². The van der Waals surface area contributed by atoms with Gasteiger partial charge in [-0.3, -0.25) is 9.59 Å². The van der Waals surface area contributed by atoms with E-state index in [0.717, 1.165) is 0 Å². The normalized spacial score (nSPS) is 10.1. The molecule has 0 atom stereocenters. The molecule has 1 heterocycles. The molecule has 0 saturated carbocycles. The molecule has 0 radical (unpaired) electrons. The van der Waals surface area contributed by atoms with Gasteiger partial charge in [-0.05, 0) is 25.5 Å². The molecular formula is C19H22N2O7. The minimum atomic E-state index is -0.289. The molecule has 0 aliphatic carbocycles. The summed E-state index contributed by atoms with van der Waals surface area (Å²) in [5.41, 5.74) is 0.198. The third-order valence-electron chi connectivity index (χ3n) is 3.51. The first-order valence-electron chi connectivity index (χ1n) is 8.62. The van der Waals surface area contributed by atoms with Crippen molar-refractivity contribution in [1.29, 1.82) is 0 Å². The van der Waals surface area contributed by atoms with E-state index in [-0.39, 0.29) is 48.1 Å². The van der Waals surface area contributed by atoms with Crippen LogP contribution >= 0.6 is 0 Å². The van der Waals surface area contributed by atoms with Gasteiger partial charge in [-0.1, -0.05) is 6.07 Å². The maximum atomic E-state index is 11.6. The Morgan fingerprint density at radius 1 is 1.11 bits per heavy atom. The molecule has 9 nitrogen and oxygen atoms in total.